The maximum Gasteiger partial charge on any atom is 0.259 e. The number of rotatable bonds is 3. The molecule has 2 atom stereocenters. The second-order valence-electron chi connectivity index (χ2n) is 7.17. The van der Waals surface area contributed by atoms with E-state index >= 15 is 0 Å². The molecule has 27 heavy (non-hydrogen) atoms. The van der Waals surface area contributed by atoms with Crippen LogP contribution in [0, 0.1) is 0 Å². The van der Waals surface area contributed by atoms with Crippen LogP contribution in [-0.4, -0.2) is 16.8 Å². The van der Waals surface area contributed by atoms with Gasteiger partial charge in [0.1, 0.15) is 0 Å². The Morgan fingerprint density at radius 2 is 2.15 bits per heavy atom. The summed E-state index contributed by atoms with van der Waals surface area (Å²) in [4.78, 5) is 31.2. The summed E-state index contributed by atoms with van der Waals surface area (Å²) < 4.78 is 0. The minimum Gasteiger partial charge on any atom is -0.349 e. The van der Waals surface area contributed by atoms with E-state index in [-0.39, 0.29) is 23.9 Å². The largest absolute Gasteiger partial charge is 0.349 e. The number of carbonyl (C=O) groups is 2. The molecule has 0 unspecified atom stereocenters. The SMILES string of the molecule is CCC(=O)N[C@@H]1CCCc2c1cncc2N1C(=O)c2ccc(Cl)cc2[C@@H]1C. The maximum atomic E-state index is 13.1. The maximum absolute atomic E-state index is 13.1. The number of aromatic nitrogens is 1. The van der Waals surface area contributed by atoms with Gasteiger partial charge in [0.2, 0.25) is 5.91 Å². The number of carbonyl (C=O) groups excluding carboxylic acids is 2. The Labute approximate surface area is 163 Å². The van der Waals surface area contributed by atoms with Gasteiger partial charge in [-0.3, -0.25) is 19.5 Å². The van der Waals surface area contributed by atoms with Crippen LogP contribution >= 0.6 is 11.6 Å². The van der Waals surface area contributed by atoms with Crippen LogP contribution in [0.3, 0.4) is 0 Å². The van der Waals surface area contributed by atoms with Crippen LogP contribution in [0.5, 0.6) is 0 Å². The summed E-state index contributed by atoms with van der Waals surface area (Å²) in [6.07, 6.45) is 6.78. The van der Waals surface area contributed by atoms with Crippen molar-refractivity contribution in [3.8, 4) is 0 Å². The van der Waals surface area contributed by atoms with Gasteiger partial charge in [-0.25, -0.2) is 0 Å². The summed E-state index contributed by atoms with van der Waals surface area (Å²) in [5.74, 6) is 0.00926. The van der Waals surface area contributed by atoms with E-state index in [1.165, 1.54) is 0 Å². The number of fused-ring (bicyclic) bond motifs is 2. The van der Waals surface area contributed by atoms with Crippen LogP contribution in [-0.2, 0) is 11.2 Å². The zero-order valence-electron chi connectivity index (χ0n) is 15.5. The number of amides is 2. The van der Waals surface area contributed by atoms with Crippen LogP contribution in [0.1, 0.15) is 72.2 Å². The molecule has 0 radical (unpaired) electrons. The molecule has 2 aromatic rings. The van der Waals surface area contributed by atoms with Crippen molar-refractivity contribution in [2.75, 3.05) is 4.90 Å². The monoisotopic (exact) mass is 383 g/mol. The molecule has 6 heteroatoms. The number of pyridine rings is 1. The van der Waals surface area contributed by atoms with Gasteiger partial charge in [0.15, 0.2) is 0 Å². The standard InChI is InChI=1S/C21H22ClN3O2/c1-3-20(26)24-18-6-4-5-14-17(18)10-23-11-19(14)25-12(2)16-9-13(22)7-8-15(16)21(25)27/h7-12,18H,3-6H2,1-2H3,(H,24,26)/t12-,18+/m0/s1. The van der Waals surface area contributed by atoms with Gasteiger partial charge in [-0.15, -0.1) is 0 Å². The normalized spacial score (nSPS) is 21.0. The van der Waals surface area contributed by atoms with E-state index in [1.807, 2.05) is 31.0 Å². The summed E-state index contributed by atoms with van der Waals surface area (Å²) in [5.41, 5.74) is 4.60. The van der Waals surface area contributed by atoms with Gasteiger partial charge in [0.05, 0.1) is 24.0 Å². The Bertz CT molecular complexity index is 928. The van der Waals surface area contributed by atoms with Gasteiger partial charge >= 0.3 is 0 Å². The molecule has 1 aromatic carbocycles. The molecule has 1 N–H and O–H groups in total. The quantitative estimate of drug-likeness (QED) is 0.856. The summed E-state index contributed by atoms with van der Waals surface area (Å²) in [5, 5.41) is 3.72. The first kappa shape index (κ1) is 18.0. The predicted octanol–water partition coefficient (Wildman–Crippen LogP) is 4.36. The molecule has 2 aliphatic rings. The van der Waals surface area contributed by atoms with Crippen molar-refractivity contribution in [1.29, 1.82) is 0 Å². The van der Waals surface area contributed by atoms with Crippen LogP contribution in [0.2, 0.25) is 5.02 Å². The lowest BCUT2D eigenvalue weighted by atomic mass is 9.87. The van der Waals surface area contributed by atoms with Crippen molar-refractivity contribution in [3.05, 3.63) is 57.9 Å². The zero-order chi connectivity index (χ0) is 19.1. The van der Waals surface area contributed by atoms with Crippen molar-refractivity contribution < 1.29 is 9.59 Å². The second kappa shape index (κ2) is 6.97. The summed E-state index contributed by atoms with van der Waals surface area (Å²) in [6, 6.07) is 5.27. The lowest BCUT2D eigenvalue weighted by Crippen LogP contribution is -2.33. The molecule has 0 saturated carbocycles. The van der Waals surface area contributed by atoms with Crippen molar-refractivity contribution in [1.82, 2.24) is 10.3 Å². The molecule has 4 rings (SSSR count). The zero-order valence-corrected chi connectivity index (χ0v) is 16.2. The molecule has 0 fully saturated rings. The number of hydrogen-bond donors (Lipinski definition) is 1. The molecule has 1 aliphatic heterocycles. The molecule has 5 nitrogen and oxygen atoms in total. The molecule has 1 aliphatic carbocycles. The van der Waals surface area contributed by atoms with Crippen LogP contribution in [0.4, 0.5) is 5.69 Å². The van der Waals surface area contributed by atoms with E-state index in [4.69, 9.17) is 11.6 Å². The molecule has 0 spiro atoms. The fourth-order valence-electron chi connectivity index (χ4n) is 4.19. The van der Waals surface area contributed by atoms with Crippen LogP contribution < -0.4 is 10.2 Å². The van der Waals surface area contributed by atoms with E-state index < -0.39 is 0 Å². The van der Waals surface area contributed by atoms with E-state index in [2.05, 4.69) is 10.3 Å². The topological polar surface area (TPSA) is 62.3 Å². The Morgan fingerprint density at radius 1 is 1.33 bits per heavy atom. The highest BCUT2D eigenvalue weighted by atomic mass is 35.5. The van der Waals surface area contributed by atoms with Crippen molar-refractivity contribution in [3.63, 3.8) is 0 Å². The lowest BCUT2D eigenvalue weighted by Gasteiger charge is -2.31. The molecule has 2 amide bonds. The molecule has 2 heterocycles. The third-order valence-corrected chi connectivity index (χ3v) is 5.81. The van der Waals surface area contributed by atoms with Gasteiger partial charge in [-0.2, -0.15) is 0 Å². The summed E-state index contributed by atoms with van der Waals surface area (Å²) in [7, 11) is 0. The van der Waals surface area contributed by atoms with Crippen LogP contribution in [0.25, 0.3) is 0 Å². The third-order valence-electron chi connectivity index (χ3n) is 5.58. The number of nitrogens with zero attached hydrogens (tertiary/aromatic N) is 2. The Hall–Kier alpha value is -2.40. The van der Waals surface area contributed by atoms with Gasteiger partial charge in [-0.1, -0.05) is 18.5 Å². The average Bonchev–Trinajstić information content (AvgIpc) is 2.91. The second-order valence-corrected chi connectivity index (χ2v) is 7.61. The first-order valence-corrected chi connectivity index (χ1v) is 9.78. The molecule has 1 aromatic heterocycles. The molecule has 0 bridgehead atoms. The Balaban J connectivity index is 1.75. The predicted molar refractivity (Wildman–Crippen MR) is 105 cm³/mol. The number of benzene rings is 1. The van der Waals surface area contributed by atoms with Crippen molar-refractivity contribution in [2.24, 2.45) is 0 Å². The highest BCUT2D eigenvalue weighted by molar-refractivity contribution is 6.31. The van der Waals surface area contributed by atoms with Gasteiger partial charge in [0, 0.05) is 23.2 Å². The highest BCUT2D eigenvalue weighted by Crippen LogP contribution is 2.42. The lowest BCUT2D eigenvalue weighted by molar-refractivity contribution is -0.121. The minimum absolute atomic E-state index is 0.0240. The van der Waals surface area contributed by atoms with E-state index in [0.29, 0.717) is 17.0 Å². The number of nitrogens with one attached hydrogen (secondary N) is 1. The number of anilines is 1. The minimum atomic E-state index is -0.106. The molecular weight excluding hydrogens is 362 g/mol. The third kappa shape index (κ3) is 3.00. The fourth-order valence-corrected chi connectivity index (χ4v) is 4.37. The van der Waals surface area contributed by atoms with Crippen LogP contribution in [0.15, 0.2) is 30.6 Å². The average molecular weight is 384 g/mol. The molecule has 0 saturated heterocycles. The Morgan fingerprint density at radius 3 is 2.93 bits per heavy atom. The molecular formula is C21H22ClN3O2. The first-order valence-electron chi connectivity index (χ1n) is 9.40. The van der Waals surface area contributed by atoms with Gasteiger partial charge < -0.3 is 5.32 Å². The van der Waals surface area contributed by atoms with Crippen molar-refractivity contribution >= 4 is 29.1 Å². The summed E-state index contributed by atoms with van der Waals surface area (Å²) in [6.45, 7) is 3.86. The first-order chi connectivity index (χ1) is 13.0. The Kier molecular flexibility index (Phi) is 4.64. The van der Waals surface area contributed by atoms with E-state index in [1.54, 1.807) is 18.3 Å². The smallest absolute Gasteiger partial charge is 0.259 e. The van der Waals surface area contributed by atoms with E-state index in [0.717, 1.165) is 41.6 Å². The van der Waals surface area contributed by atoms with Gasteiger partial charge in [-0.05, 0) is 61.1 Å². The summed E-state index contributed by atoms with van der Waals surface area (Å²) >= 11 is 6.14. The molecule has 140 valence electrons. The fraction of sp³-hybridized carbons (Fsp3) is 0.381. The van der Waals surface area contributed by atoms with E-state index in [9.17, 15) is 9.59 Å². The number of hydrogen-bond acceptors (Lipinski definition) is 3. The van der Waals surface area contributed by atoms with Crippen molar-refractivity contribution in [2.45, 2.75) is 51.6 Å². The number of halogens is 1. The van der Waals surface area contributed by atoms with Gasteiger partial charge in [0.25, 0.3) is 5.91 Å². The highest BCUT2D eigenvalue weighted by Gasteiger charge is 2.37.